The van der Waals surface area contributed by atoms with E-state index in [2.05, 4.69) is 20.3 Å². The summed E-state index contributed by atoms with van der Waals surface area (Å²) in [6.45, 7) is 1.71. The number of nitriles is 1. The Morgan fingerprint density at radius 3 is 2.88 bits per heavy atom. The SMILES string of the molecule is C[C@H](Nc1ccc(C#N)n(C)c1=O)c1nc2cc(Cl)cnc2[nH]c1=O. The summed E-state index contributed by atoms with van der Waals surface area (Å²) in [5.74, 6) is 0. The number of aromatic amines is 1. The Morgan fingerprint density at radius 1 is 1.40 bits per heavy atom. The van der Waals surface area contributed by atoms with Crippen LogP contribution in [0.4, 0.5) is 5.69 Å². The van der Waals surface area contributed by atoms with Crippen molar-refractivity contribution in [2.24, 2.45) is 7.05 Å². The van der Waals surface area contributed by atoms with Crippen LogP contribution >= 0.6 is 11.6 Å². The van der Waals surface area contributed by atoms with E-state index in [0.717, 1.165) is 0 Å². The van der Waals surface area contributed by atoms with Crippen LogP contribution in [0.25, 0.3) is 11.2 Å². The van der Waals surface area contributed by atoms with Gasteiger partial charge in [-0.15, -0.1) is 0 Å². The topological polar surface area (TPSA) is 116 Å². The van der Waals surface area contributed by atoms with E-state index in [1.54, 1.807) is 13.0 Å². The van der Waals surface area contributed by atoms with Gasteiger partial charge >= 0.3 is 0 Å². The zero-order valence-electron chi connectivity index (χ0n) is 13.4. The highest BCUT2D eigenvalue weighted by Gasteiger charge is 2.16. The Morgan fingerprint density at radius 2 is 2.16 bits per heavy atom. The molecule has 0 bridgehead atoms. The molecule has 0 saturated heterocycles. The highest BCUT2D eigenvalue weighted by Crippen LogP contribution is 2.16. The highest BCUT2D eigenvalue weighted by molar-refractivity contribution is 6.30. The smallest absolute Gasteiger partial charge is 0.274 e. The number of fused-ring (bicyclic) bond motifs is 1. The van der Waals surface area contributed by atoms with Gasteiger partial charge in [0, 0.05) is 13.2 Å². The van der Waals surface area contributed by atoms with Crippen LogP contribution in [0.1, 0.15) is 24.4 Å². The molecule has 0 unspecified atom stereocenters. The van der Waals surface area contributed by atoms with Crippen molar-refractivity contribution in [1.82, 2.24) is 19.5 Å². The van der Waals surface area contributed by atoms with Gasteiger partial charge in [-0.05, 0) is 25.1 Å². The predicted octanol–water partition coefficient (Wildman–Crippen LogP) is 1.71. The Balaban J connectivity index is 2.01. The van der Waals surface area contributed by atoms with Gasteiger partial charge in [0.25, 0.3) is 11.1 Å². The molecular formula is C16H13ClN6O2. The third-order valence-electron chi connectivity index (χ3n) is 3.74. The minimum atomic E-state index is -0.548. The average Bonchev–Trinajstić information content (AvgIpc) is 2.59. The van der Waals surface area contributed by atoms with Gasteiger partial charge in [0.2, 0.25) is 0 Å². The van der Waals surface area contributed by atoms with E-state index in [-0.39, 0.29) is 22.6 Å². The molecule has 0 aromatic carbocycles. The Bertz CT molecular complexity index is 1130. The molecule has 0 aliphatic heterocycles. The van der Waals surface area contributed by atoms with Crippen molar-refractivity contribution < 1.29 is 0 Å². The molecule has 0 fully saturated rings. The van der Waals surface area contributed by atoms with Gasteiger partial charge in [-0.1, -0.05) is 11.6 Å². The molecule has 8 nitrogen and oxygen atoms in total. The lowest BCUT2D eigenvalue weighted by molar-refractivity contribution is 0.798. The van der Waals surface area contributed by atoms with Crippen molar-refractivity contribution in [1.29, 1.82) is 5.26 Å². The lowest BCUT2D eigenvalue weighted by Gasteiger charge is -2.15. The monoisotopic (exact) mass is 356 g/mol. The van der Waals surface area contributed by atoms with E-state index in [9.17, 15) is 9.59 Å². The average molecular weight is 357 g/mol. The number of nitrogens with one attached hydrogen (secondary N) is 2. The number of rotatable bonds is 3. The molecular weight excluding hydrogens is 344 g/mol. The molecule has 3 rings (SSSR count). The maximum Gasteiger partial charge on any atom is 0.274 e. The van der Waals surface area contributed by atoms with Crippen molar-refractivity contribution in [2.45, 2.75) is 13.0 Å². The molecule has 3 aromatic heterocycles. The first kappa shape index (κ1) is 16.7. The van der Waals surface area contributed by atoms with Gasteiger partial charge < -0.3 is 14.9 Å². The summed E-state index contributed by atoms with van der Waals surface area (Å²) in [6.07, 6.45) is 1.42. The van der Waals surface area contributed by atoms with Gasteiger partial charge in [0.15, 0.2) is 5.65 Å². The summed E-state index contributed by atoms with van der Waals surface area (Å²) in [4.78, 5) is 35.5. The molecule has 0 radical (unpaired) electrons. The predicted molar refractivity (Wildman–Crippen MR) is 93.6 cm³/mol. The number of pyridine rings is 2. The van der Waals surface area contributed by atoms with Gasteiger partial charge in [-0.3, -0.25) is 9.59 Å². The van der Waals surface area contributed by atoms with E-state index >= 15 is 0 Å². The summed E-state index contributed by atoms with van der Waals surface area (Å²) in [5.41, 5.74) is 0.705. The fraction of sp³-hybridized carbons (Fsp3) is 0.188. The molecule has 9 heteroatoms. The van der Waals surface area contributed by atoms with Crippen LogP contribution in [0.15, 0.2) is 34.0 Å². The maximum absolute atomic E-state index is 12.3. The molecule has 3 heterocycles. The van der Waals surface area contributed by atoms with E-state index < -0.39 is 11.6 Å². The fourth-order valence-corrected chi connectivity index (χ4v) is 2.57. The molecule has 0 spiro atoms. The quantitative estimate of drug-likeness (QED) is 0.738. The number of anilines is 1. The van der Waals surface area contributed by atoms with Gasteiger partial charge in [0.05, 0.1) is 11.1 Å². The Labute approximate surface area is 146 Å². The summed E-state index contributed by atoms with van der Waals surface area (Å²) >= 11 is 5.91. The number of halogens is 1. The zero-order chi connectivity index (χ0) is 18.1. The van der Waals surface area contributed by atoms with Gasteiger partial charge in [-0.25, -0.2) is 9.97 Å². The molecule has 1 atom stereocenters. The summed E-state index contributed by atoms with van der Waals surface area (Å²) in [7, 11) is 1.51. The second-order valence-electron chi connectivity index (χ2n) is 5.45. The number of nitrogens with zero attached hydrogens (tertiary/aromatic N) is 4. The first-order chi connectivity index (χ1) is 11.9. The first-order valence-electron chi connectivity index (χ1n) is 7.33. The molecule has 0 aliphatic carbocycles. The van der Waals surface area contributed by atoms with E-state index in [4.69, 9.17) is 16.9 Å². The maximum atomic E-state index is 12.3. The summed E-state index contributed by atoms with van der Waals surface area (Å²) in [5, 5.41) is 12.3. The standard InChI is InChI=1S/C16H13ClN6O2/c1-8(20-11-4-3-10(6-18)23(2)16(11)25)13-15(24)22-14-12(21-13)5-9(17)7-19-14/h3-5,7-8,20H,1-2H3,(H,19,22,24)/t8-/m0/s1. The molecule has 0 aliphatic rings. The summed E-state index contributed by atoms with van der Waals surface area (Å²) in [6, 6.07) is 6.01. The van der Waals surface area contributed by atoms with E-state index in [1.807, 2.05) is 6.07 Å². The molecule has 126 valence electrons. The highest BCUT2D eigenvalue weighted by atomic mass is 35.5. The van der Waals surface area contributed by atoms with Crippen molar-refractivity contribution in [3.63, 3.8) is 0 Å². The number of hydrogen-bond donors (Lipinski definition) is 2. The molecule has 0 amide bonds. The number of hydrogen-bond acceptors (Lipinski definition) is 6. The van der Waals surface area contributed by atoms with Crippen LogP contribution in [0.5, 0.6) is 0 Å². The molecule has 3 aromatic rings. The second-order valence-corrected chi connectivity index (χ2v) is 5.88. The van der Waals surface area contributed by atoms with Crippen LogP contribution in [0, 0.1) is 11.3 Å². The number of H-pyrrole nitrogens is 1. The lowest BCUT2D eigenvalue weighted by Crippen LogP contribution is -2.27. The van der Waals surface area contributed by atoms with Crippen LogP contribution in [-0.2, 0) is 7.05 Å². The Hall–Kier alpha value is -3.18. The number of aromatic nitrogens is 4. The molecule has 25 heavy (non-hydrogen) atoms. The molecule has 2 N–H and O–H groups in total. The van der Waals surface area contributed by atoms with Crippen LogP contribution in [-0.4, -0.2) is 19.5 Å². The normalized spacial score (nSPS) is 11.9. The zero-order valence-corrected chi connectivity index (χ0v) is 14.1. The third-order valence-corrected chi connectivity index (χ3v) is 3.95. The first-order valence-corrected chi connectivity index (χ1v) is 7.70. The lowest BCUT2D eigenvalue weighted by atomic mass is 10.2. The van der Waals surface area contributed by atoms with Crippen LogP contribution in [0.2, 0.25) is 5.02 Å². The van der Waals surface area contributed by atoms with Crippen molar-refractivity contribution in [3.8, 4) is 6.07 Å². The minimum absolute atomic E-state index is 0.197. The second kappa shape index (κ2) is 6.37. The van der Waals surface area contributed by atoms with E-state index in [0.29, 0.717) is 16.2 Å². The van der Waals surface area contributed by atoms with Crippen LogP contribution in [0.3, 0.4) is 0 Å². The summed E-state index contributed by atoms with van der Waals surface area (Å²) < 4.78 is 1.23. The minimum Gasteiger partial charge on any atom is -0.372 e. The van der Waals surface area contributed by atoms with E-state index in [1.165, 1.54) is 29.9 Å². The van der Waals surface area contributed by atoms with Crippen LogP contribution < -0.4 is 16.4 Å². The van der Waals surface area contributed by atoms with Crippen molar-refractivity contribution in [2.75, 3.05) is 5.32 Å². The van der Waals surface area contributed by atoms with Gasteiger partial charge in [-0.2, -0.15) is 5.26 Å². The van der Waals surface area contributed by atoms with Crippen molar-refractivity contribution in [3.05, 3.63) is 61.5 Å². The largest absolute Gasteiger partial charge is 0.372 e. The Kier molecular flexibility index (Phi) is 4.25. The third kappa shape index (κ3) is 3.09. The fourth-order valence-electron chi connectivity index (χ4n) is 2.41. The molecule has 0 saturated carbocycles. The van der Waals surface area contributed by atoms with Gasteiger partial charge in [0.1, 0.15) is 28.7 Å². The van der Waals surface area contributed by atoms with Crippen molar-refractivity contribution >= 4 is 28.5 Å².